The lowest BCUT2D eigenvalue weighted by atomic mass is 10.1. The summed E-state index contributed by atoms with van der Waals surface area (Å²) in [6.45, 7) is 0.403. The number of hydrogen-bond donors (Lipinski definition) is 2. The molecule has 2 N–H and O–H groups in total. The number of carbonyl (C=O) groups excluding carboxylic acids is 2. The highest BCUT2D eigenvalue weighted by Crippen LogP contribution is 2.29. The molecule has 0 aliphatic heterocycles. The summed E-state index contributed by atoms with van der Waals surface area (Å²) in [5.41, 5.74) is 1.02. The molecule has 7 nitrogen and oxygen atoms in total. The van der Waals surface area contributed by atoms with E-state index in [-0.39, 0.29) is 28.2 Å². The van der Waals surface area contributed by atoms with Crippen LogP contribution in [0.4, 0.5) is 11.4 Å². The van der Waals surface area contributed by atoms with Crippen molar-refractivity contribution in [1.29, 1.82) is 0 Å². The molecule has 0 atom stereocenters. The molecular formula is C18H16ClN3O4. The summed E-state index contributed by atoms with van der Waals surface area (Å²) >= 11 is 5.76. The van der Waals surface area contributed by atoms with Crippen molar-refractivity contribution in [3.8, 4) is 0 Å². The maximum Gasteiger partial charge on any atom is 0.294 e. The minimum Gasteiger partial charge on any atom is -0.352 e. The average molecular weight is 374 g/mol. The van der Waals surface area contributed by atoms with E-state index in [4.69, 9.17) is 11.6 Å². The molecule has 0 saturated heterocycles. The molecule has 0 bridgehead atoms. The fraction of sp³-hybridized carbons (Fsp3) is 0.222. The van der Waals surface area contributed by atoms with Crippen LogP contribution in [0.2, 0.25) is 5.02 Å². The molecule has 3 rings (SSSR count). The van der Waals surface area contributed by atoms with Crippen molar-refractivity contribution in [2.24, 2.45) is 5.92 Å². The van der Waals surface area contributed by atoms with Crippen LogP contribution in [-0.4, -0.2) is 16.7 Å². The molecule has 1 saturated carbocycles. The molecule has 1 aliphatic rings. The third kappa shape index (κ3) is 4.37. The SMILES string of the molecule is O=C(Nc1ccc(Cl)cc1[N+](=O)[O-])c1ccc(CNC(=O)C2CC2)cc1. The van der Waals surface area contributed by atoms with E-state index < -0.39 is 10.8 Å². The van der Waals surface area contributed by atoms with Crippen molar-refractivity contribution in [1.82, 2.24) is 5.32 Å². The summed E-state index contributed by atoms with van der Waals surface area (Å²) in [6.07, 6.45) is 1.89. The second-order valence-corrected chi connectivity index (χ2v) is 6.50. The molecule has 2 aromatic rings. The van der Waals surface area contributed by atoms with Crippen LogP contribution in [0.5, 0.6) is 0 Å². The Hall–Kier alpha value is -2.93. The second kappa shape index (κ2) is 7.53. The Balaban J connectivity index is 1.64. The highest BCUT2D eigenvalue weighted by Gasteiger charge is 2.29. The maximum atomic E-state index is 12.3. The van der Waals surface area contributed by atoms with Crippen molar-refractivity contribution < 1.29 is 14.5 Å². The highest BCUT2D eigenvalue weighted by molar-refractivity contribution is 6.31. The molecule has 2 aromatic carbocycles. The van der Waals surface area contributed by atoms with Crippen LogP contribution >= 0.6 is 11.6 Å². The summed E-state index contributed by atoms with van der Waals surface area (Å²) < 4.78 is 0. The Kier molecular flexibility index (Phi) is 5.18. The summed E-state index contributed by atoms with van der Waals surface area (Å²) in [5.74, 6) is -0.263. The van der Waals surface area contributed by atoms with Gasteiger partial charge in [-0.05, 0) is 42.7 Å². The zero-order valence-electron chi connectivity index (χ0n) is 13.7. The van der Waals surface area contributed by atoms with Gasteiger partial charge in [-0.2, -0.15) is 0 Å². The number of nitro groups is 1. The fourth-order valence-corrected chi connectivity index (χ4v) is 2.58. The Morgan fingerprint density at radius 2 is 1.85 bits per heavy atom. The number of rotatable bonds is 6. The normalized spacial score (nSPS) is 13.1. The standard InChI is InChI=1S/C18H16ClN3O4/c19-14-7-8-15(16(9-14)22(25)26)21-18(24)13-3-1-11(2-4-13)10-20-17(23)12-5-6-12/h1-4,7-9,12H,5-6,10H2,(H,20,23)(H,21,24). The molecule has 0 spiro atoms. The van der Waals surface area contributed by atoms with E-state index >= 15 is 0 Å². The van der Waals surface area contributed by atoms with Crippen LogP contribution in [0.3, 0.4) is 0 Å². The Labute approximate surface area is 154 Å². The van der Waals surface area contributed by atoms with E-state index in [2.05, 4.69) is 10.6 Å². The lowest BCUT2D eigenvalue weighted by molar-refractivity contribution is -0.383. The maximum absolute atomic E-state index is 12.3. The van der Waals surface area contributed by atoms with Crippen molar-refractivity contribution in [3.63, 3.8) is 0 Å². The molecule has 0 aromatic heterocycles. The van der Waals surface area contributed by atoms with Crippen LogP contribution in [0.25, 0.3) is 0 Å². The van der Waals surface area contributed by atoms with Gasteiger partial charge < -0.3 is 10.6 Å². The van der Waals surface area contributed by atoms with Crippen molar-refractivity contribution in [2.75, 3.05) is 5.32 Å². The summed E-state index contributed by atoms with van der Waals surface area (Å²) in [4.78, 5) is 34.4. The van der Waals surface area contributed by atoms with E-state index in [1.807, 2.05) is 0 Å². The van der Waals surface area contributed by atoms with Crippen LogP contribution in [0, 0.1) is 16.0 Å². The predicted molar refractivity (Wildman–Crippen MR) is 97.1 cm³/mol. The van der Waals surface area contributed by atoms with Gasteiger partial charge in [-0.25, -0.2) is 0 Å². The molecule has 134 valence electrons. The third-order valence-corrected chi connectivity index (χ3v) is 4.27. The van der Waals surface area contributed by atoms with Crippen molar-refractivity contribution in [3.05, 3.63) is 68.7 Å². The molecular weight excluding hydrogens is 358 g/mol. The van der Waals surface area contributed by atoms with Gasteiger partial charge in [0.1, 0.15) is 5.69 Å². The van der Waals surface area contributed by atoms with E-state index in [1.165, 1.54) is 18.2 Å². The monoisotopic (exact) mass is 373 g/mol. The first-order chi connectivity index (χ1) is 12.4. The first kappa shape index (κ1) is 17.9. The molecule has 0 heterocycles. The lowest BCUT2D eigenvalue weighted by Gasteiger charge is -2.08. The van der Waals surface area contributed by atoms with Gasteiger partial charge in [-0.3, -0.25) is 19.7 Å². The van der Waals surface area contributed by atoms with Gasteiger partial charge in [-0.15, -0.1) is 0 Å². The number of amides is 2. The minimum absolute atomic E-state index is 0.0573. The summed E-state index contributed by atoms with van der Waals surface area (Å²) in [5, 5.41) is 16.7. The lowest BCUT2D eigenvalue weighted by Crippen LogP contribution is -2.24. The van der Waals surface area contributed by atoms with E-state index in [1.54, 1.807) is 24.3 Å². The van der Waals surface area contributed by atoms with Crippen LogP contribution < -0.4 is 10.6 Å². The quantitative estimate of drug-likeness (QED) is 0.597. The van der Waals surface area contributed by atoms with Crippen molar-refractivity contribution >= 4 is 34.8 Å². The minimum atomic E-state index is -0.604. The molecule has 2 amide bonds. The van der Waals surface area contributed by atoms with Gasteiger partial charge in [0.05, 0.1) is 4.92 Å². The molecule has 0 unspecified atom stereocenters. The van der Waals surface area contributed by atoms with Gasteiger partial charge in [0, 0.05) is 29.1 Å². The highest BCUT2D eigenvalue weighted by atomic mass is 35.5. The Morgan fingerprint density at radius 3 is 2.46 bits per heavy atom. The fourth-order valence-electron chi connectivity index (χ4n) is 2.41. The van der Waals surface area contributed by atoms with Gasteiger partial charge in [0.15, 0.2) is 0 Å². The number of nitro benzene ring substituents is 1. The predicted octanol–water partition coefficient (Wildman–Crippen LogP) is 3.53. The largest absolute Gasteiger partial charge is 0.352 e. The summed E-state index contributed by atoms with van der Waals surface area (Å²) in [6, 6.07) is 10.7. The molecule has 1 fully saturated rings. The zero-order chi connectivity index (χ0) is 18.7. The topological polar surface area (TPSA) is 101 Å². The van der Waals surface area contributed by atoms with E-state index in [9.17, 15) is 19.7 Å². The number of anilines is 1. The van der Waals surface area contributed by atoms with Crippen LogP contribution in [0.1, 0.15) is 28.8 Å². The Bertz CT molecular complexity index is 863. The number of nitrogens with one attached hydrogen (secondary N) is 2. The van der Waals surface area contributed by atoms with E-state index in [0.29, 0.717) is 12.1 Å². The van der Waals surface area contributed by atoms with Gasteiger partial charge in [-0.1, -0.05) is 23.7 Å². The van der Waals surface area contributed by atoms with Gasteiger partial charge in [0.2, 0.25) is 5.91 Å². The Morgan fingerprint density at radius 1 is 1.15 bits per heavy atom. The number of benzene rings is 2. The second-order valence-electron chi connectivity index (χ2n) is 6.06. The third-order valence-electron chi connectivity index (χ3n) is 4.04. The van der Waals surface area contributed by atoms with E-state index in [0.717, 1.165) is 18.4 Å². The summed E-state index contributed by atoms with van der Waals surface area (Å²) in [7, 11) is 0. The average Bonchev–Trinajstić information content (AvgIpc) is 3.46. The molecule has 0 radical (unpaired) electrons. The van der Waals surface area contributed by atoms with Crippen molar-refractivity contribution in [2.45, 2.75) is 19.4 Å². The first-order valence-corrected chi connectivity index (χ1v) is 8.44. The zero-order valence-corrected chi connectivity index (χ0v) is 14.5. The molecule has 26 heavy (non-hydrogen) atoms. The number of hydrogen-bond acceptors (Lipinski definition) is 4. The number of carbonyl (C=O) groups is 2. The first-order valence-electron chi connectivity index (χ1n) is 8.06. The van der Waals surface area contributed by atoms with Crippen LogP contribution in [-0.2, 0) is 11.3 Å². The van der Waals surface area contributed by atoms with Crippen LogP contribution in [0.15, 0.2) is 42.5 Å². The van der Waals surface area contributed by atoms with Gasteiger partial charge in [0.25, 0.3) is 11.6 Å². The molecule has 8 heteroatoms. The smallest absolute Gasteiger partial charge is 0.294 e. The van der Waals surface area contributed by atoms with Gasteiger partial charge >= 0.3 is 0 Å². The number of halogens is 1. The molecule has 1 aliphatic carbocycles. The number of nitrogens with zero attached hydrogens (tertiary/aromatic N) is 1.